The first kappa shape index (κ1) is 23.1. The average Bonchev–Trinajstić information content (AvgIpc) is 3.13. The molecule has 4 rings (SSSR count). The van der Waals surface area contributed by atoms with Gasteiger partial charge in [-0.1, -0.05) is 53.4 Å². The van der Waals surface area contributed by atoms with Gasteiger partial charge in [-0.2, -0.15) is 0 Å². The number of H-pyrrole nitrogens is 1. The Hall–Kier alpha value is -2.11. The second-order valence-corrected chi connectivity index (χ2v) is 10.0. The van der Waals surface area contributed by atoms with E-state index in [0.29, 0.717) is 11.6 Å². The number of nitrogens with one attached hydrogen (secondary N) is 1. The highest BCUT2D eigenvalue weighted by atomic mass is 79.9. The van der Waals surface area contributed by atoms with Gasteiger partial charge in [0.05, 0.1) is 5.56 Å². The molecular formula is C27H33BrN2O2. The fourth-order valence-electron chi connectivity index (χ4n) is 4.82. The van der Waals surface area contributed by atoms with E-state index >= 15 is 0 Å². The molecule has 0 bridgehead atoms. The predicted molar refractivity (Wildman–Crippen MR) is 134 cm³/mol. The fraction of sp³-hybridized carbons (Fsp3) is 0.444. The van der Waals surface area contributed by atoms with Crippen molar-refractivity contribution in [2.45, 2.75) is 64.5 Å². The number of fused-ring (bicyclic) bond motifs is 1. The van der Waals surface area contributed by atoms with Crippen LogP contribution in [-0.2, 0) is 11.2 Å². The number of halogens is 1. The molecule has 170 valence electrons. The highest BCUT2D eigenvalue weighted by Crippen LogP contribution is 2.28. The number of likely N-dealkylation sites (N-methyl/N-ethyl adjacent to an activating group) is 1. The molecule has 1 aromatic heterocycles. The number of rotatable bonds is 7. The van der Waals surface area contributed by atoms with Crippen LogP contribution in [-0.4, -0.2) is 35.5 Å². The van der Waals surface area contributed by atoms with Crippen LogP contribution in [0.5, 0.6) is 0 Å². The smallest absolute Gasteiger partial charge is 0.341 e. The molecule has 1 heterocycles. The number of hydrogen-bond acceptors (Lipinski definition) is 3. The molecule has 1 aliphatic rings. The van der Waals surface area contributed by atoms with E-state index in [2.05, 4.69) is 51.1 Å². The predicted octanol–water partition coefficient (Wildman–Crippen LogP) is 6.96. The van der Waals surface area contributed by atoms with Crippen molar-refractivity contribution in [3.05, 3.63) is 69.3 Å². The minimum Gasteiger partial charge on any atom is -0.454 e. The number of aryl methyl sites for hydroxylation is 1. The fourth-order valence-corrected chi connectivity index (χ4v) is 5.09. The van der Waals surface area contributed by atoms with E-state index in [-0.39, 0.29) is 12.1 Å². The van der Waals surface area contributed by atoms with E-state index in [4.69, 9.17) is 4.74 Å². The summed E-state index contributed by atoms with van der Waals surface area (Å²) in [6.07, 6.45) is 7.40. The van der Waals surface area contributed by atoms with Crippen molar-refractivity contribution in [2.75, 3.05) is 13.6 Å². The Labute approximate surface area is 199 Å². The SMILES string of the molecule is Cc1[nH]c2ccc(CCN(C)C3CCCCC3)cc2c1C(=O)OC(C)c1ccc(Br)cc1. The molecule has 0 spiro atoms. The summed E-state index contributed by atoms with van der Waals surface area (Å²) < 4.78 is 6.85. The van der Waals surface area contributed by atoms with Gasteiger partial charge in [0.2, 0.25) is 0 Å². The molecular weight excluding hydrogens is 464 g/mol. The Morgan fingerprint density at radius 1 is 1.16 bits per heavy atom. The van der Waals surface area contributed by atoms with Crippen LogP contribution >= 0.6 is 15.9 Å². The summed E-state index contributed by atoms with van der Waals surface area (Å²) in [5, 5.41) is 0.952. The molecule has 0 aliphatic heterocycles. The van der Waals surface area contributed by atoms with Gasteiger partial charge >= 0.3 is 5.97 Å². The first-order chi connectivity index (χ1) is 15.4. The van der Waals surface area contributed by atoms with Gasteiger partial charge in [0.15, 0.2) is 0 Å². The summed E-state index contributed by atoms with van der Waals surface area (Å²) in [7, 11) is 2.25. The minimum atomic E-state index is -0.313. The summed E-state index contributed by atoms with van der Waals surface area (Å²) in [6.45, 7) is 4.90. The third kappa shape index (κ3) is 5.26. The lowest BCUT2D eigenvalue weighted by Gasteiger charge is -2.31. The van der Waals surface area contributed by atoms with Crippen LogP contribution in [0, 0.1) is 6.92 Å². The highest BCUT2D eigenvalue weighted by molar-refractivity contribution is 9.10. The monoisotopic (exact) mass is 496 g/mol. The molecule has 1 aliphatic carbocycles. The Morgan fingerprint density at radius 3 is 2.59 bits per heavy atom. The zero-order valence-corrected chi connectivity index (χ0v) is 20.9. The topological polar surface area (TPSA) is 45.3 Å². The Balaban J connectivity index is 1.48. The van der Waals surface area contributed by atoms with Gasteiger partial charge in [0.25, 0.3) is 0 Å². The van der Waals surface area contributed by atoms with Crippen LogP contribution in [0.1, 0.15) is 72.3 Å². The molecule has 0 amide bonds. The van der Waals surface area contributed by atoms with E-state index in [0.717, 1.165) is 39.6 Å². The van der Waals surface area contributed by atoms with Crippen molar-refractivity contribution in [2.24, 2.45) is 0 Å². The molecule has 1 N–H and O–H groups in total. The first-order valence-electron chi connectivity index (χ1n) is 11.7. The van der Waals surface area contributed by atoms with Gasteiger partial charge in [-0.25, -0.2) is 4.79 Å². The van der Waals surface area contributed by atoms with Crippen LogP contribution in [0.15, 0.2) is 46.9 Å². The van der Waals surface area contributed by atoms with E-state index in [1.54, 1.807) is 0 Å². The maximum absolute atomic E-state index is 13.1. The van der Waals surface area contributed by atoms with Crippen LogP contribution in [0.25, 0.3) is 10.9 Å². The number of aromatic nitrogens is 1. The van der Waals surface area contributed by atoms with Gasteiger partial charge < -0.3 is 14.6 Å². The van der Waals surface area contributed by atoms with Crippen LogP contribution < -0.4 is 0 Å². The molecule has 0 radical (unpaired) electrons. The quantitative estimate of drug-likeness (QED) is 0.359. The van der Waals surface area contributed by atoms with Crippen molar-refractivity contribution in [3.63, 3.8) is 0 Å². The first-order valence-corrected chi connectivity index (χ1v) is 12.5. The number of esters is 1. The summed E-state index contributed by atoms with van der Waals surface area (Å²) in [6, 6.07) is 15.0. The second kappa shape index (κ2) is 10.2. The Kier molecular flexibility index (Phi) is 7.37. The lowest BCUT2D eigenvalue weighted by atomic mass is 9.94. The molecule has 4 nitrogen and oxygen atoms in total. The number of nitrogens with zero attached hydrogens (tertiary/aromatic N) is 1. The molecule has 3 aromatic rings. The third-order valence-electron chi connectivity index (χ3n) is 6.83. The van der Waals surface area contributed by atoms with Gasteiger partial charge in [0.1, 0.15) is 6.10 Å². The second-order valence-electron chi connectivity index (χ2n) is 9.13. The zero-order chi connectivity index (χ0) is 22.7. The average molecular weight is 497 g/mol. The van der Waals surface area contributed by atoms with Crippen LogP contribution in [0.3, 0.4) is 0 Å². The summed E-state index contributed by atoms with van der Waals surface area (Å²) in [4.78, 5) is 19.0. The number of carbonyl (C=O) groups excluding carboxylic acids is 1. The van der Waals surface area contributed by atoms with Gasteiger partial charge in [-0.05, 0) is 75.5 Å². The van der Waals surface area contributed by atoms with Crippen molar-refractivity contribution < 1.29 is 9.53 Å². The molecule has 1 atom stereocenters. The lowest BCUT2D eigenvalue weighted by molar-refractivity contribution is 0.0339. The van der Waals surface area contributed by atoms with Crippen molar-refractivity contribution >= 4 is 32.8 Å². The van der Waals surface area contributed by atoms with Crippen LogP contribution in [0.2, 0.25) is 0 Å². The number of carbonyl (C=O) groups is 1. The summed E-state index contributed by atoms with van der Waals surface area (Å²) in [5.41, 5.74) is 4.71. The maximum atomic E-state index is 13.1. The van der Waals surface area contributed by atoms with Gasteiger partial charge in [0, 0.05) is 33.7 Å². The maximum Gasteiger partial charge on any atom is 0.341 e. The van der Waals surface area contributed by atoms with Gasteiger partial charge in [-0.3, -0.25) is 0 Å². The number of ether oxygens (including phenoxy) is 1. The van der Waals surface area contributed by atoms with Crippen molar-refractivity contribution in [1.82, 2.24) is 9.88 Å². The summed E-state index contributed by atoms with van der Waals surface area (Å²) >= 11 is 3.45. The van der Waals surface area contributed by atoms with E-state index < -0.39 is 0 Å². The molecule has 1 saturated carbocycles. The van der Waals surface area contributed by atoms with Gasteiger partial charge in [-0.15, -0.1) is 0 Å². The normalized spacial score (nSPS) is 15.9. The Morgan fingerprint density at radius 2 is 1.88 bits per heavy atom. The number of benzene rings is 2. The summed E-state index contributed by atoms with van der Waals surface area (Å²) in [5.74, 6) is -0.277. The van der Waals surface area contributed by atoms with Crippen molar-refractivity contribution in [1.29, 1.82) is 0 Å². The van der Waals surface area contributed by atoms with E-state index in [1.807, 2.05) is 38.1 Å². The third-order valence-corrected chi connectivity index (χ3v) is 7.36. The number of aromatic amines is 1. The lowest BCUT2D eigenvalue weighted by Crippen LogP contribution is -2.34. The van der Waals surface area contributed by atoms with Crippen LogP contribution in [0.4, 0.5) is 0 Å². The Bertz CT molecular complexity index is 1070. The highest BCUT2D eigenvalue weighted by Gasteiger charge is 2.21. The van der Waals surface area contributed by atoms with Crippen molar-refractivity contribution in [3.8, 4) is 0 Å². The standard InChI is InChI=1S/C27H33BrN2O2/c1-18-26(27(31)32-19(2)21-10-12-22(28)13-11-21)24-17-20(9-14-25(24)29-18)15-16-30(3)23-7-5-4-6-8-23/h9-14,17,19,23,29H,4-8,15-16H2,1-3H3. The van der Waals surface area contributed by atoms with E-state index in [9.17, 15) is 4.79 Å². The molecule has 1 unspecified atom stereocenters. The number of hydrogen-bond donors (Lipinski definition) is 1. The zero-order valence-electron chi connectivity index (χ0n) is 19.3. The molecule has 32 heavy (non-hydrogen) atoms. The molecule has 5 heteroatoms. The van der Waals surface area contributed by atoms with E-state index in [1.165, 1.54) is 37.7 Å². The largest absolute Gasteiger partial charge is 0.454 e. The minimum absolute atomic E-state index is 0.277. The molecule has 0 saturated heterocycles. The molecule has 1 fully saturated rings. The molecule has 2 aromatic carbocycles.